The van der Waals surface area contributed by atoms with Gasteiger partial charge in [0.15, 0.2) is 0 Å². The van der Waals surface area contributed by atoms with Gasteiger partial charge in [0.25, 0.3) is 5.91 Å². The smallest absolute Gasteiger partial charge is 0.251 e. The highest BCUT2D eigenvalue weighted by atomic mass is 19.1. The molecule has 1 saturated carbocycles. The summed E-state index contributed by atoms with van der Waals surface area (Å²) in [7, 11) is 3.67. The molecule has 2 aromatic carbocycles. The number of amides is 2. The van der Waals surface area contributed by atoms with E-state index in [-0.39, 0.29) is 19.2 Å². The molecule has 1 aliphatic heterocycles. The maximum atomic E-state index is 13.2. The first-order valence-electron chi connectivity index (χ1n) is 11.9. The van der Waals surface area contributed by atoms with Gasteiger partial charge < -0.3 is 24.6 Å². The molecule has 2 fully saturated rings. The van der Waals surface area contributed by atoms with Crippen LogP contribution in [0.15, 0.2) is 48.5 Å². The number of nitrogens with zero attached hydrogens (tertiary/aromatic N) is 2. The van der Waals surface area contributed by atoms with Crippen molar-refractivity contribution in [3.05, 3.63) is 65.5 Å². The van der Waals surface area contributed by atoms with E-state index < -0.39 is 17.8 Å². The molecule has 4 rings (SSSR count). The highest BCUT2D eigenvalue weighted by Crippen LogP contribution is 2.41. The average molecular weight is 485 g/mol. The fourth-order valence-corrected chi connectivity index (χ4v) is 4.25. The quantitative estimate of drug-likeness (QED) is 0.396. The fraction of sp³-hybridized carbons (Fsp3) is 0.462. The second-order valence-corrected chi connectivity index (χ2v) is 9.10. The summed E-state index contributed by atoms with van der Waals surface area (Å²) < 4.78 is 24.2. The summed E-state index contributed by atoms with van der Waals surface area (Å²) in [6, 6.07) is 12.8. The van der Waals surface area contributed by atoms with Crippen LogP contribution in [-0.4, -0.2) is 87.4 Å². The monoisotopic (exact) mass is 484 g/mol. The lowest BCUT2D eigenvalue weighted by molar-refractivity contribution is -0.136. The van der Waals surface area contributed by atoms with Crippen LogP contribution in [0.1, 0.15) is 28.3 Å². The number of carbonyl (C=O) groups excluding carboxylic acids is 2. The summed E-state index contributed by atoms with van der Waals surface area (Å²) in [5, 5.41) is 6.14. The van der Waals surface area contributed by atoms with E-state index >= 15 is 0 Å². The molecule has 0 radical (unpaired) electrons. The fourth-order valence-electron chi connectivity index (χ4n) is 4.25. The van der Waals surface area contributed by atoms with Crippen LogP contribution in [0, 0.1) is 5.82 Å². The van der Waals surface area contributed by atoms with Crippen molar-refractivity contribution in [2.45, 2.75) is 24.4 Å². The molecule has 9 heteroatoms. The Morgan fingerprint density at radius 1 is 1.06 bits per heavy atom. The van der Waals surface area contributed by atoms with Crippen molar-refractivity contribution in [3.63, 3.8) is 0 Å². The summed E-state index contributed by atoms with van der Waals surface area (Å²) in [6.45, 7) is 3.08. The van der Waals surface area contributed by atoms with Gasteiger partial charge in [-0.2, -0.15) is 0 Å². The maximum Gasteiger partial charge on any atom is 0.251 e. The zero-order chi connectivity index (χ0) is 24.8. The molecular weight excluding hydrogens is 451 g/mol. The number of hydrogen-bond acceptors (Lipinski definition) is 6. The molecule has 0 unspecified atom stereocenters. The van der Waals surface area contributed by atoms with E-state index in [1.165, 1.54) is 29.8 Å². The lowest BCUT2D eigenvalue weighted by Gasteiger charge is -2.34. The third kappa shape index (κ3) is 6.78. The lowest BCUT2D eigenvalue weighted by atomic mass is 10.1. The van der Waals surface area contributed by atoms with Crippen LogP contribution in [-0.2, 0) is 9.53 Å². The number of nitrogens with one attached hydrogen (secondary N) is 2. The standard InChI is InChI=1S/C26H33FN4O4/c1-30-11-13-31(14-12-30)26(33)24(29-25(32)19-3-7-20(27)8-4-19)16-35-17-28-23-15-22(23)18-5-9-21(34-2)10-6-18/h3-10,22-24,28H,11-17H2,1-2H3,(H,29,32)/t22-,23+,24-/m0/s1. The summed E-state index contributed by atoms with van der Waals surface area (Å²) >= 11 is 0. The number of likely N-dealkylation sites (N-methyl/N-ethyl adjacent to an activating group) is 1. The molecule has 8 nitrogen and oxygen atoms in total. The second kappa shape index (κ2) is 11.6. The summed E-state index contributed by atoms with van der Waals surface area (Å²) in [4.78, 5) is 29.8. The number of ether oxygens (including phenoxy) is 2. The predicted octanol–water partition coefficient (Wildman–Crippen LogP) is 1.83. The highest BCUT2D eigenvalue weighted by molar-refractivity contribution is 5.97. The van der Waals surface area contributed by atoms with E-state index in [1.807, 2.05) is 19.2 Å². The number of hydrogen-bond donors (Lipinski definition) is 2. The van der Waals surface area contributed by atoms with Crippen molar-refractivity contribution in [1.29, 1.82) is 0 Å². The molecule has 1 saturated heterocycles. The Morgan fingerprint density at radius 3 is 2.40 bits per heavy atom. The van der Waals surface area contributed by atoms with Gasteiger partial charge in [-0.3, -0.25) is 14.9 Å². The van der Waals surface area contributed by atoms with Crippen LogP contribution in [0.4, 0.5) is 4.39 Å². The Balaban J connectivity index is 1.29. The van der Waals surface area contributed by atoms with Gasteiger partial charge in [0.05, 0.1) is 20.4 Å². The largest absolute Gasteiger partial charge is 0.497 e. The second-order valence-electron chi connectivity index (χ2n) is 9.10. The van der Waals surface area contributed by atoms with Crippen molar-refractivity contribution in [1.82, 2.24) is 20.4 Å². The van der Waals surface area contributed by atoms with Crippen molar-refractivity contribution in [3.8, 4) is 5.75 Å². The number of piperazine rings is 1. The third-order valence-electron chi connectivity index (χ3n) is 6.59. The molecule has 0 bridgehead atoms. The van der Waals surface area contributed by atoms with Crippen molar-refractivity contribution >= 4 is 11.8 Å². The molecule has 1 heterocycles. The lowest BCUT2D eigenvalue weighted by Crippen LogP contribution is -2.55. The topological polar surface area (TPSA) is 83.1 Å². The van der Waals surface area contributed by atoms with Gasteiger partial charge in [-0.1, -0.05) is 12.1 Å². The van der Waals surface area contributed by atoms with E-state index in [0.717, 1.165) is 25.3 Å². The maximum absolute atomic E-state index is 13.2. The Bertz CT molecular complexity index is 993. The van der Waals surface area contributed by atoms with Crippen LogP contribution in [0.5, 0.6) is 5.75 Å². The van der Waals surface area contributed by atoms with E-state index in [1.54, 1.807) is 12.0 Å². The molecule has 35 heavy (non-hydrogen) atoms. The Labute approximate surface area is 205 Å². The van der Waals surface area contributed by atoms with E-state index in [9.17, 15) is 14.0 Å². The summed E-state index contributed by atoms with van der Waals surface area (Å²) in [5.74, 6) is 0.229. The molecular formula is C26H33FN4O4. The van der Waals surface area contributed by atoms with Gasteiger partial charge in [0, 0.05) is 43.7 Å². The number of methoxy groups -OCH3 is 1. The summed E-state index contributed by atoms with van der Waals surface area (Å²) in [6.07, 6.45) is 1.01. The minimum Gasteiger partial charge on any atom is -0.497 e. The van der Waals surface area contributed by atoms with Crippen LogP contribution >= 0.6 is 0 Å². The van der Waals surface area contributed by atoms with Gasteiger partial charge in [-0.25, -0.2) is 4.39 Å². The molecule has 2 amide bonds. The number of benzene rings is 2. The molecule has 0 aromatic heterocycles. The van der Waals surface area contributed by atoms with Gasteiger partial charge >= 0.3 is 0 Å². The van der Waals surface area contributed by atoms with Gasteiger partial charge in [0.1, 0.15) is 17.6 Å². The van der Waals surface area contributed by atoms with Gasteiger partial charge in [-0.05, 0) is 55.4 Å². The van der Waals surface area contributed by atoms with Crippen molar-refractivity contribution in [2.24, 2.45) is 0 Å². The average Bonchev–Trinajstić information content (AvgIpc) is 3.66. The molecule has 0 spiro atoms. The number of rotatable bonds is 10. The molecule has 2 aliphatic rings. The van der Waals surface area contributed by atoms with Crippen molar-refractivity contribution in [2.75, 3.05) is 53.7 Å². The first-order valence-corrected chi connectivity index (χ1v) is 11.9. The minimum atomic E-state index is -0.825. The van der Waals surface area contributed by atoms with Crippen LogP contribution < -0.4 is 15.4 Å². The zero-order valence-corrected chi connectivity index (χ0v) is 20.2. The van der Waals surface area contributed by atoms with Crippen LogP contribution in [0.3, 0.4) is 0 Å². The molecule has 2 aromatic rings. The Morgan fingerprint density at radius 2 is 1.74 bits per heavy atom. The van der Waals surface area contributed by atoms with Crippen LogP contribution in [0.25, 0.3) is 0 Å². The molecule has 3 atom stereocenters. The Kier molecular flexibility index (Phi) is 8.33. The van der Waals surface area contributed by atoms with E-state index in [4.69, 9.17) is 9.47 Å². The molecule has 188 valence electrons. The first-order chi connectivity index (χ1) is 16.9. The van der Waals surface area contributed by atoms with Gasteiger partial charge in [-0.15, -0.1) is 0 Å². The zero-order valence-electron chi connectivity index (χ0n) is 20.2. The third-order valence-corrected chi connectivity index (χ3v) is 6.59. The first kappa shape index (κ1) is 25.1. The normalized spacial score (nSPS) is 20.8. The van der Waals surface area contributed by atoms with Crippen LogP contribution in [0.2, 0.25) is 0 Å². The molecule has 1 aliphatic carbocycles. The van der Waals surface area contributed by atoms with Gasteiger partial charge in [0.2, 0.25) is 5.91 Å². The predicted molar refractivity (Wildman–Crippen MR) is 130 cm³/mol. The molecule has 2 N–H and O–H groups in total. The highest BCUT2D eigenvalue weighted by Gasteiger charge is 2.38. The minimum absolute atomic E-state index is 0.0467. The SMILES string of the molecule is COc1ccc([C@@H]2C[C@H]2NCOC[C@H](NC(=O)c2ccc(F)cc2)C(=O)N2CCN(C)CC2)cc1. The number of carbonyl (C=O) groups is 2. The summed E-state index contributed by atoms with van der Waals surface area (Å²) in [5.41, 5.74) is 1.54. The Hall–Kier alpha value is -3.01. The number of halogens is 1. The van der Waals surface area contributed by atoms with E-state index in [0.29, 0.717) is 30.6 Å². The van der Waals surface area contributed by atoms with Crippen molar-refractivity contribution < 1.29 is 23.5 Å². The van der Waals surface area contributed by atoms with E-state index in [2.05, 4.69) is 27.7 Å².